The second kappa shape index (κ2) is 6.02. The molecule has 1 aliphatic carbocycles. The number of rotatable bonds is 5. The summed E-state index contributed by atoms with van der Waals surface area (Å²) in [6, 6.07) is 0. The highest BCUT2D eigenvalue weighted by molar-refractivity contribution is 4.89. The van der Waals surface area contributed by atoms with Crippen LogP contribution in [-0.4, -0.2) is 23.8 Å². The molecule has 16 heavy (non-hydrogen) atoms. The van der Waals surface area contributed by atoms with Crippen molar-refractivity contribution >= 4 is 0 Å². The molecule has 96 valence electrons. The Morgan fingerprint density at radius 1 is 1.25 bits per heavy atom. The monoisotopic (exact) mass is 227 g/mol. The average Bonchev–Trinajstić information content (AvgIpc) is 2.22. The van der Waals surface area contributed by atoms with E-state index in [1.807, 2.05) is 6.92 Å². The molecule has 1 rings (SSSR count). The van der Waals surface area contributed by atoms with Gasteiger partial charge in [0.25, 0.3) is 0 Å². The molecule has 4 atom stereocenters. The molecule has 0 heterocycles. The quantitative estimate of drug-likeness (QED) is 0.708. The molecule has 1 fully saturated rings. The molecular formula is C14H29NO. The first-order valence-corrected chi connectivity index (χ1v) is 6.90. The van der Waals surface area contributed by atoms with Gasteiger partial charge in [-0.25, -0.2) is 0 Å². The molecule has 0 aromatic heterocycles. The Kier molecular flexibility index (Phi) is 5.26. The molecule has 0 radical (unpaired) electrons. The van der Waals surface area contributed by atoms with Crippen LogP contribution in [0, 0.1) is 17.8 Å². The summed E-state index contributed by atoms with van der Waals surface area (Å²) in [5, 5.41) is 13.9. The van der Waals surface area contributed by atoms with Gasteiger partial charge in [-0.05, 0) is 50.5 Å². The van der Waals surface area contributed by atoms with Crippen LogP contribution >= 0.6 is 0 Å². The van der Waals surface area contributed by atoms with Crippen LogP contribution in [-0.2, 0) is 0 Å². The van der Waals surface area contributed by atoms with Crippen molar-refractivity contribution < 1.29 is 5.11 Å². The molecule has 1 saturated carbocycles. The van der Waals surface area contributed by atoms with Crippen molar-refractivity contribution in [2.24, 2.45) is 17.8 Å². The van der Waals surface area contributed by atoms with Crippen LogP contribution in [0.1, 0.15) is 53.4 Å². The van der Waals surface area contributed by atoms with Gasteiger partial charge in [-0.2, -0.15) is 0 Å². The lowest BCUT2D eigenvalue weighted by molar-refractivity contribution is -0.0304. The summed E-state index contributed by atoms with van der Waals surface area (Å²) >= 11 is 0. The zero-order valence-corrected chi connectivity index (χ0v) is 11.4. The van der Waals surface area contributed by atoms with E-state index in [1.54, 1.807) is 0 Å². The first-order chi connectivity index (χ1) is 7.47. The predicted molar refractivity (Wildman–Crippen MR) is 69.5 cm³/mol. The van der Waals surface area contributed by atoms with Gasteiger partial charge in [-0.1, -0.05) is 27.2 Å². The summed E-state index contributed by atoms with van der Waals surface area (Å²) in [6.07, 6.45) is 4.78. The third-order valence-electron chi connectivity index (χ3n) is 4.39. The predicted octanol–water partition coefficient (Wildman–Crippen LogP) is 2.81. The minimum Gasteiger partial charge on any atom is -0.389 e. The molecule has 2 heteroatoms. The van der Waals surface area contributed by atoms with E-state index in [0.29, 0.717) is 5.92 Å². The lowest BCUT2D eigenvalue weighted by atomic mass is 9.70. The lowest BCUT2D eigenvalue weighted by Gasteiger charge is -2.40. The Morgan fingerprint density at radius 3 is 2.50 bits per heavy atom. The molecule has 0 spiro atoms. The molecule has 0 aromatic rings. The van der Waals surface area contributed by atoms with Crippen LogP contribution in [0.2, 0.25) is 0 Å². The molecule has 0 aromatic carbocycles. The first kappa shape index (κ1) is 14.0. The first-order valence-electron chi connectivity index (χ1n) is 6.90. The third-order valence-corrected chi connectivity index (χ3v) is 4.39. The maximum Gasteiger partial charge on any atom is 0.0771 e. The maximum absolute atomic E-state index is 10.5. The minimum atomic E-state index is -0.524. The van der Waals surface area contributed by atoms with Crippen molar-refractivity contribution in [3.05, 3.63) is 0 Å². The zero-order valence-electron chi connectivity index (χ0n) is 11.4. The topological polar surface area (TPSA) is 32.3 Å². The Morgan fingerprint density at radius 2 is 1.94 bits per heavy atom. The van der Waals surface area contributed by atoms with E-state index in [0.717, 1.165) is 31.3 Å². The molecule has 0 aliphatic heterocycles. The largest absolute Gasteiger partial charge is 0.389 e. The Balaban J connectivity index is 2.42. The highest BCUT2D eigenvalue weighted by atomic mass is 16.3. The van der Waals surface area contributed by atoms with Crippen molar-refractivity contribution in [1.29, 1.82) is 0 Å². The van der Waals surface area contributed by atoms with Crippen LogP contribution < -0.4 is 5.32 Å². The highest BCUT2D eigenvalue weighted by Gasteiger charge is 2.36. The van der Waals surface area contributed by atoms with E-state index < -0.39 is 5.60 Å². The van der Waals surface area contributed by atoms with E-state index in [1.165, 1.54) is 19.3 Å². The van der Waals surface area contributed by atoms with Gasteiger partial charge in [0.15, 0.2) is 0 Å². The second-order valence-electron chi connectivity index (χ2n) is 6.00. The summed E-state index contributed by atoms with van der Waals surface area (Å²) in [5.41, 5.74) is -0.524. The average molecular weight is 227 g/mol. The van der Waals surface area contributed by atoms with Crippen LogP contribution in [0.5, 0.6) is 0 Å². The summed E-state index contributed by atoms with van der Waals surface area (Å²) in [4.78, 5) is 0. The molecule has 0 bridgehead atoms. The lowest BCUT2D eigenvalue weighted by Crippen LogP contribution is -2.46. The molecule has 1 aliphatic rings. The van der Waals surface area contributed by atoms with Gasteiger partial charge in [0.05, 0.1) is 5.60 Å². The molecule has 2 nitrogen and oxygen atoms in total. The smallest absolute Gasteiger partial charge is 0.0771 e. The van der Waals surface area contributed by atoms with Crippen molar-refractivity contribution in [3.63, 3.8) is 0 Å². The summed E-state index contributed by atoms with van der Waals surface area (Å²) < 4.78 is 0. The zero-order chi connectivity index (χ0) is 12.2. The second-order valence-corrected chi connectivity index (χ2v) is 6.00. The van der Waals surface area contributed by atoms with Crippen LogP contribution in [0.3, 0.4) is 0 Å². The SMILES string of the molecule is CCCNCC(C)(O)C1CCC(C)C(C)C1. The van der Waals surface area contributed by atoms with Crippen molar-refractivity contribution in [1.82, 2.24) is 5.32 Å². The summed E-state index contributed by atoms with van der Waals surface area (Å²) in [6.45, 7) is 10.6. The maximum atomic E-state index is 10.5. The van der Waals surface area contributed by atoms with E-state index in [2.05, 4.69) is 26.1 Å². The number of hydrogen-bond donors (Lipinski definition) is 2. The summed E-state index contributed by atoms with van der Waals surface area (Å²) in [7, 11) is 0. The van der Waals surface area contributed by atoms with E-state index in [4.69, 9.17) is 0 Å². The fourth-order valence-corrected chi connectivity index (χ4v) is 2.77. The van der Waals surface area contributed by atoms with Crippen LogP contribution in [0.4, 0.5) is 0 Å². The molecule has 0 amide bonds. The van der Waals surface area contributed by atoms with Gasteiger partial charge in [0.1, 0.15) is 0 Å². The fourth-order valence-electron chi connectivity index (χ4n) is 2.77. The Hall–Kier alpha value is -0.0800. The molecule has 2 N–H and O–H groups in total. The normalized spacial score (nSPS) is 34.7. The van der Waals surface area contributed by atoms with Crippen LogP contribution in [0.25, 0.3) is 0 Å². The Labute approximate surface area is 101 Å². The van der Waals surface area contributed by atoms with Crippen LogP contribution in [0.15, 0.2) is 0 Å². The van der Waals surface area contributed by atoms with Gasteiger partial charge in [-0.15, -0.1) is 0 Å². The van der Waals surface area contributed by atoms with Crippen molar-refractivity contribution in [2.45, 2.75) is 59.0 Å². The fraction of sp³-hybridized carbons (Fsp3) is 1.00. The third kappa shape index (κ3) is 3.74. The summed E-state index contributed by atoms with van der Waals surface area (Å²) in [5.74, 6) is 2.06. The standard InChI is InChI=1S/C14H29NO/c1-5-8-15-10-14(4,16)13-7-6-11(2)12(3)9-13/h11-13,15-16H,5-10H2,1-4H3. The molecular weight excluding hydrogens is 198 g/mol. The van der Waals surface area contributed by atoms with Crippen molar-refractivity contribution in [2.75, 3.05) is 13.1 Å². The number of nitrogens with one attached hydrogen (secondary N) is 1. The molecule has 0 saturated heterocycles. The van der Waals surface area contributed by atoms with Gasteiger partial charge < -0.3 is 10.4 Å². The van der Waals surface area contributed by atoms with Gasteiger partial charge in [0, 0.05) is 6.54 Å². The number of aliphatic hydroxyl groups is 1. The Bertz CT molecular complexity index is 203. The molecule has 4 unspecified atom stereocenters. The highest BCUT2D eigenvalue weighted by Crippen LogP contribution is 2.38. The minimum absolute atomic E-state index is 0.475. The van der Waals surface area contributed by atoms with Gasteiger partial charge in [0.2, 0.25) is 0 Å². The van der Waals surface area contributed by atoms with Crippen molar-refractivity contribution in [3.8, 4) is 0 Å². The van der Waals surface area contributed by atoms with E-state index in [-0.39, 0.29) is 0 Å². The van der Waals surface area contributed by atoms with Gasteiger partial charge in [-0.3, -0.25) is 0 Å². The number of hydrogen-bond acceptors (Lipinski definition) is 2. The van der Waals surface area contributed by atoms with Gasteiger partial charge >= 0.3 is 0 Å². The van der Waals surface area contributed by atoms with E-state index >= 15 is 0 Å². The van der Waals surface area contributed by atoms with E-state index in [9.17, 15) is 5.11 Å².